The monoisotopic (exact) mass is 487 g/mol. The van der Waals surface area contributed by atoms with E-state index in [4.69, 9.17) is 0 Å². The lowest BCUT2D eigenvalue weighted by molar-refractivity contribution is -0.137. The molecular formula is C19H17BrF3N3O2S. The molecule has 2 aromatic heterocycles. The van der Waals surface area contributed by atoms with Crippen LogP contribution >= 0.6 is 27.3 Å². The number of nitrogens with zero attached hydrogens (tertiary/aromatic N) is 3. The van der Waals surface area contributed by atoms with Crippen molar-refractivity contribution >= 4 is 33.2 Å². The van der Waals surface area contributed by atoms with Gasteiger partial charge in [-0.1, -0.05) is 37.3 Å². The average Bonchev–Trinajstić information content (AvgIpc) is 3.15. The molecule has 0 aliphatic heterocycles. The highest BCUT2D eigenvalue weighted by Crippen LogP contribution is 2.36. The second-order valence-corrected chi connectivity index (χ2v) is 8.76. The smallest absolute Gasteiger partial charge is 0.416 e. The number of aromatic carboxylic acids is 1. The van der Waals surface area contributed by atoms with Gasteiger partial charge in [-0.15, -0.1) is 0 Å². The Morgan fingerprint density at radius 1 is 1.28 bits per heavy atom. The molecule has 0 fully saturated rings. The summed E-state index contributed by atoms with van der Waals surface area (Å²) >= 11 is 4.52. The molecule has 0 saturated heterocycles. The van der Waals surface area contributed by atoms with Crippen molar-refractivity contribution in [3.8, 4) is 16.4 Å². The van der Waals surface area contributed by atoms with Crippen molar-refractivity contribution in [1.82, 2.24) is 14.8 Å². The Kier molecular flexibility index (Phi) is 5.86. The molecule has 0 spiro atoms. The van der Waals surface area contributed by atoms with E-state index >= 15 is 0 Å². The minimum Gasteiger partial charge on any atom is -0.476 e. The molecule has 0 atom stereocenters. The molecule has 0 radical (unpaired) electrons. The fourth-order valence-electron chi connectivity index (χ4n) is 2.81. The standard InChI is InChI=1S/C19H17BrF3N3O2S/c1-9(2)8-13-15(11-4-6-12(7-5-11)19(21,22)23)24-18(29-13)26-16(17(27)28)14(20)10(3)25-26/h4-7,9H,8H2,1-3H3,(H,27,28). The molecule has 10 heteroatoms. The summed E-state index contributed by atoms with van der Waals surface area (Å²) in [5.74, 6) is -0.879. The third-order valence-electron chi connectivity index (χ3n) is 4.14. The molecule has 0 aliphatic carbocycles. The molecule has 3 rings (SSSR count). The van der Waals surface area contributed by atoms with Crippen LogP contribution in [-0.2, 0) is 12.6 Å². The quantitative estimate of drug-likeness (QED) is 0.480. The van der Waals surface area contributed by atoms with E-state index in [2.05, 4.69) is 26.0 Å². The van der Waals surface area contributed by atoms with Crippen molar-refractivity contribution in [2.24, 2.45) is 5.92 Å². The van der Waals surface area contributed by atoms with Crippen molar-refractivity contribution in [2.45, 2.75) is 33.4 Å². The lowest BCUT2D eigenvalue weighted by Gasteiger charge is -2.08. The van der Waals surface area contributed by atoms with E-state index in [0.29, 0.717) is 33.0 Å². The Labute approximate surface area is 177 Å². The Hall–Kier alpha value is -2.20. The SMILES string of the molecule is Cc1nn(-c2nc(-c3ccc(C(F)(F)F)cc3)c(CC(C)C)s2)c(C(=O)O)c1Br. The van der Waals surface area contributed by atoms with E-state index in [9.17, 15) is 23.1 Å². The Balaban J connectivity index is 2.13. The van der Waals surface area contributed by atoms with E-state index in [1.165, 1.54) is 28.2 Å². The first-order chi connectivity index (χ1) is 13.5. The molecular weight excluding hydrogens is 471 g/mol. The number of benzene rings is 1. The number of hydrogen-bond acceptors (Lipinski definition) is 4. The van der Waals surface area contributed by atoms with E-state index < -0.39 is 17.7 Å². The number of thiazole rings is 1. The minimum atomic E-state index is -4.41. The molecule has 29 heavy (non-hydrogen) atoms. The molecule has 3 aromatic rings. The highest BCUT2D eigenvalue weighted by atomic mass is 79.9. The van der Waals surface area contributed by atoms with Gasteiger partial charge in [-0.3, -0.25) is 0 Å². The highest BCUT2D eigenvalue weighted by Gasteiger charge is 2.30. The molecule has 1 N–H and O–H groups in total. The van der Waals surface area contributed by atoms with Gasteiger partial charge in [0.15, 0.2) is 5.69 Å². The molecule has 1 aromatic carbocycles. The first-order valence-electron chi connectivity index (χ1n) is 8.65. The molecule has 2 heterocycles. The van der Waals surface area contributed by atoms with Crippen LogP contribution in [0.1, 0.15) is 40.5 Å². The number of rotatable bonds is 5. The fraction of sp³-hybridized carbons (Fsp3) is 0.316. The Morgan fingerprint density at radius 2 is 1.90 bits per heavy atom. The zero-order chi connectivity index (χ0) is 21.5. The van der Waals surface area contributed by atoms with Crippen LogP contribution < -0.4 is 0 Å². The second kappa shape index (κ2) is 7.91. The van der Waals surface area contributed by atoms with Crippen molar-refractivity contribution in [1.29, 1.82) is 0 Å². The molecule has 0 saturated carbocycles. The van der Waals surface area contributed by atoms with Gasteiger partial charge in [-0.2, -0.15) is 23.0 Å². The number of hydrogen-bond donors (Lipinski definition) is 1. The van der Waals surface area contributed by atoms with Gasteiger partial charge in [0.05, 0.1) is 21.4 Å². The maximum Gasteiger partial charge on any atom is 0.416 e. The first-order valence-corrected chi connectivity index (χ1v) is 10.3. The van der Waals surface area contributed by atoms with Crippen molar-refractivity contribution < 1.29 is 23.1 Å². The molecule has 5 nitrogen and oxygen atoms in total. The topological polar surface area (TPSA) is 68.0 Å². The summed E-state index contributed by atoms with van der Waals surface area (Å²) in [4.78, 5) is 17.1. The summed E-state index contributed by atoms with van der Waals surface area (Å²) in [5, 5.41) is 14.2. The van der Waals surface area contributed by atoms with Gasteiger partial charge < -0.3 is 5.11 Å². The van der Waals surface area contributed by atoms with Crippen LogP contribution in [0.2, 0.25) is 0 Å². The summed E-state index contributed by atoms with van der Waals surface area (Å²) < 4.78 is 40.2. The van der Waals surface area contributed by atoms with Gasteiger partial charge in [-0.05, 0) is 47.3 Å². The van der Waals surface area contributed by atoms with Crippen molar-refractivity contribution in [3.63, 3.8) is 0 Å². The normalized spacial score (nSPS) is 12.0. The zero-order valence-electron chi connectivity index (χ0n) is 15.7. The van der Waals surface area contributed by atoms with Gasteiger partial charge in [0.1, 0.15) is 0 Å². The van der Waals surface area contributed by atoms with Crippen LogP contribution in [0.4, 0.5) is 13.2 Å². The number of carbonyl (C=O) groups is 1. The zero-order valence-corrected chi connectivity index (χ0v) is 18.1. The molecule has 0 bridgehead atoms. The van der Waals surface area contributed by atoms with Crippen LogP contribution in [0.25, 0.3) is 16.4 Å². The number of carboxylic acids is 1. The summed E-state index contributed by atoms with van der Waals surface area (Å²) in [6, 6.07) is 4.80. The van der Waals surface area contributed by atoms with Gasteiger partial charge in [0, 0.05) is 10.4 Å². The van der Waals surface area contributed by atoms with Gasteiger partial charge in [-0.25, -0.2) is 9.78 Å². The third-order valence-corrected chi connectivity index (χ3v) is 6.14. The van der Waals surface area contributed by atoms with Crippen molar-refractivity contribution in [2.75, 3.05) is 0 Å². The fourth-order valence-corrected chi connectivity index (χ4v) is 4.48. The number of halogens is 4. The average molecular weight is 488 g/mol. The Morgan fingerprint density at radius 3 is 2.41 bits per heavy atom. The van der Waals surface area contributed by atoms with Gasteiger partial charge >= 0.3 is 12.1 Å². The van der Waals surface area contributed by atoms with Crippen LogP contribution in [0, 0.1) is 12.8 Å². The summed E-state index contributed by atoms with van der Waals surface area (Å²) in [7, 11) is 0. The van der Waals surface area contributed by atoms with Crippen LogP contribution in [-0.4, -0.2) is 25.8 Å². The highest BCUT2D eigenvalue weighted by molar-refractivity contribution is 9.10. The van der Waals surface area contributed by atoms with Crippen molar-refractivity contribution in [3.05, 3.63) is 50.6 Å². The number of carboxylic acid groups (broad SMARTS) is 1. The summed E-state index contributed by atoms with van der Waals surface area (Å²) in [6.07, 6.45) is -3.76. The first kappa shape index (κ1) is 21.5. The van der Waals surface area contributed by atoms with Crippen LogP contribution in [0.15, 0.2) is 28.7 Å². The Bertz CT molecular complexity index is 1060. The van der Waals surface area contributed by atoms with E-state index in [1.54, 1.807) is 6.92 Å². The largest absolute Gasteiger partial charge is 0.476 e. The maximum absolute atomic E-state index is 12.9. The van der Waals surface area contributed by atoms with Gasteiger partial charge in [0.25, 0.3) is 0 Å². The molecule has 0 amide bonds. The predicted octanol–water partition coefficient (Wildman–Crippen LogP) is 5.98. The maximum atomic E-state index is 12.9. The minimum absolute atomic E-state index is 0.0497. The third kappa shape index (κ3) is 4.37. The molecule has 154 valence electrons. The molecule has 0 unspecified atom stereocenters. The van der Waals surface area contributed by atoms with Crippen LogP contribution in [0.3, 0.4) is 0 Å². The molecule has 0 aliphatic rings. The number of alkyl halides is 3. The van der Waals surface area contributed by atoms with Gasteiger partial charge in [0.2, 0.25) is 5.13 Å². The van der Waals surface area contributed by atoms with E-state index in [0.717, 1.165) is 17.0 Å². The lowest BCUT2D eigenvalue weighted by atomic mass is 10.0. The van der Waals surface area contributed by atoms with E-state index in [-0.39, 0.29) is 11.6 Å². The predicted molar refractivity (Wildman–Crippen MR) is 108 cm³/mol. The number of aryl methyl sites for hydroxylation is 1. The second-order valence-electron chi connectivity index (χ2n) is 6.91. The summed E-state index contributed by atoms with van der Waals surface area (Å²) in [5.41, 5.74) is 0.788. The van der Waals surface area contributed by atoms with Crippen LogP contribution in [0.5, 0.6) is 0 Å². The summed E-state index contributed by atoms with van der Waals surface area (Å²) in [6.45, 7) is 5.72. The number of aromatic nitrogens is 3. The van der Waals surface area contributed by atoms with E-state index in [1.807, 2.05) is 13.8 Å². The lowest BCUT2D eigenvalue weighted by Crippen LogP contribution is -2.08.